The third-order valence-corrected chi connectivity index (χ3v) is 4.97. The highest BCUT2D eigenvalue weighted by Crippen LogP contribution is 2.22. The summed E-state index contributed by atoms with van der Waals surface area (Å²) in [7, 11) is 0. The van der Waals surface area contributed by atoms with Crippen molar-refractivity contribution < 1.29 is 13.2 Å². The van der Waals surface area contributed by atoms with E-state index >= 15 is 0 Å². The van der Waals surface area contributed by atoms with Crippen LogP contribution < -0.4 is 5.56 Å². The molecule has 0 bridgehead atoms. The number of rotatable bonds is 3. The third-order valence-electron chi connectivity index (χ3n) is 4.72. The van der Waals surface area contributed by atoms with Crippen molar-refractivity contribution in [2.24, 2.45) is 0 Å². The molecule has 0 saturated heterocycles. The van der Waals surface area contributed by atoms with Crippen LogP contribution in [0.1, 0.15) is 16.8 Å². The lowest BCUT2D eigenvalue weighted by Gasteiger charge is -2.27. The first kappa shape index (κ1) is 18.7. The molecule has 3 aromatic rings. The Balaban J connectivity index is 1.57. The summed E-state index contributed by atoms with van der Waals surface area (Å²) in [6, 6.07) is 8.94. The van der Waals surface area contributed by atoms with Gasteiger partial charge >= 0.3 is 0 Å². The molecule has 0 aliphatic carbocycles. The highest BCUT2D eigenvalue weighted by atomic mass is 35.5. The highest BCUT2D eigenvalue weighted by Gasteiger charge is 2.22. The maximum absolute atomic E-state index is 13.4. The zero-order valence-corrected chi connectivity index (χ0v) is 15.4. The fourth-order valence-corrected chi connectivity index (χ4v) is 3.44. The number of hydrogen-bond donors (Lipinski definition) is 1. The van der Waals surface area contributed by atoms with Gasteiger partial charge in [-0.15, -0.1) is 0 Å². The predicted octanol–water partition coefficient (Wildman–Crippen LogP) is 4.07. The summed E-state index contributed by atoms with van der Waals surface area (Å²) in [5.74, 6) is -3.46. The van der Waals surface area contributed by atoms with Gasteiger partial charge in [0.15, 0.2) is 17.5 Å². The van der Waals surface area contributed by atoms with E-state index in [1.54, 1.807) is 24.3 Å². The van der Waals surface area contributed by atoms with Crippen molar-refractivity contribution in [2.75, 3.05) is 6.54 Å². The molecule has 1 aromatic heterocycles. The van der Waals surface area contributed by atoms with Crippen LogP contribution in [0.15, 0.2) is 41.2 Å². The second-order valence-electron chi connectivity index (χ2n) is 6.68. The normalized spacial score (nSPS) is 14.1. The van der Waals surface area contributed by atoms with Gasteiger partial charge in [-0.05, 0) is 42.0 Å². The fraction of sp³-hybridized carbons (Fsp3) is 0.200. The minimum atomic E-state index is -1.48. The topological polar surface area (TPSA) is 49.0 Å². The number of aromatic amines is 1. The van der Waals surface area contributed by atoms with Crippen LogP contribution in [0.2, 0.25) is 5.02 Å². The van der Waals surface area contributed by atoms with Crippen LogP contribution >= 0.6 is 11.6 Å². The van der Waals surface area contributed by atoms with Crippen molar-refractivity contribution >= 4 is 11.6 Å². The van der Waals surface area contributed by atoms with Crippen LogP contribution in [0, 0.1) is 17.5 Å². The number of halogens is 4. The molecular formula is C20H15ClF3N3O. The second-order valence-corrected chi connectivity index (χ2v) is 7.12. The second kappa shape index (κ2) is 7.41. The number of nitrogens with one attached hydrogen (secondary N) is 1. The molecule has 0 saturated carbocycles. The molecule has 8 heteroatoms. The van der Waals surface area contributed by atoms with E-state index < -0.39 is 17.5 Å². The Morgan fingerprint density at radius 2 is 1.79 bits per heavy atom. The Morgan fingerprint density at radius 3 is 2.46 bits per heavy atom. The van der Waals surface area contributed by atoms with Crippen LogP contribution in [-0.4, -0.2) is 21.4 Å². The van der Waals surface area contributed by atoms with E-state index in [0.29, 0.717) is 47.2 Å². The average molecular weight is 406 g/mol. The van der Waals surface area contributed by atoms with Crippen LogP contribution in [0.25, 0.3) is 11.4 Å². The first-order chi connectivity index (χ1) is 13.4. The standard InChI is InChI=1S/C20H15ClF3N3O/c21-13-3-1-12(2-4-13)19-25-17-5-6-27(10-14(17)20(28)26-19)9-11-7-15(22)18(24)16(23)8-11/h1-4,7-8H,5-6,9-10H2,(H,25,26,28). The Labute approximate surface area is 163 Å². The molecular weight excluding hydrogens is 391 g/mol. The molecule has 4 nitrogen and oxygen atoms in total. The van der Waals surface area contributed by atoms with E-state index in [1.807, 2.05) is 4.90 Å². The van der Waals surface area contributed by atoms with E-state index in [2.05, 4.69) is 9.97 Å². The summed E-state index contributed by atoms with van der Waals surface area (Å²) in [5, 5.41) is 0.591. The molecule has 0 radical (unpaired) electrons. The quantitative estimate of drug-likeness (QED) is 0.668. The number of nitrogens with zero attached hydrogens (tertiary/aromatic N) is 2. The minimum Gasteiger partial charge on any atom is -0.306 e. The Kier molecular flexibility index (Phi) is 4.95. The van der Waals surface area contributed by atoms with Crippen LogP contribution in [-0.2, 0) is 19.5 Å². The number of hydrogen-bond acceptors (Lipinski definition) is 3. The van der Waals surface area contributed by atoms with Crippen LogP contribution in [0.5, 0.6) is 0 Å². The van der Waals surface area contributed by atoms with Crippen molar-refractivity contribution in [3.8, 4) is 11.4 Å². The van der Waals surface area contributed by atoms with Gasteiger partial charge in [0.25, 0.3) is 5.56 Å². The van der Waals surface area contributed by atoms with E-state index in [-0.39, 0.29) is 12.1 Å². The van der Waals surface area contributed by atoms with E-state index in [4.69, 9.17) is 11.6 Å². The summed E-state index contributed by atoms with van der Waals surface area (Å²) in [6.45, 7) is 1.05. The summed E-state index contributed by atoms with van der Waals surface area (Å²) in [6.07, 6.45) is 0.520. The van der Waals surface area contributed by atoms with Crippen molar-refractivity contribution in [1.29, 1.82) is 0 Å². The van der Waals surface area contributed by atoms with Crippen molar-refractivity contribution in [2.45, 2.75) is 19.5 Å². The van der Waals surface area contributed by atoms with Gasteiger partial charge in [-0.25, -0.2) is 18.2 Å². The van der Waals surface area contributed by atoms with Crippen LogP contribution in [0.3, 0.4) is 0 Å². The van der Waals surface area contributed by atoms with Gasteiger partial charge in [-0.1, -0.05) is 11.6 Å². The summed E-state index contributed by atoms with van der Waals surface area (Å²) < 4.78 is 40.0. The molecule has 2 heterocycles. The van der Waals surface area contributed by atoms with Gasteiger partial charge in [0.05, 0.1) is 11.3 Å². The molecule has 144 valence electrons. The number of aromatic nitrogens is 2. The van der Waals surface area contributed by atoms with E-state index in [9.17, 15) is 18.0 Å². The average Bonchev–Trinajstić information content (AvgIpc) is 2.67. The van der Waals surface area contributed by atoms with Gasteiger partial charge in [0, 0.05) is 36.6 Å². The third kappa shape index (κ3) is 3.68. The maximum atomic E-state index is 13.4. The lowest BCUT2D eigenvalue weighted by atomic mass is 10.1. The van der Waals surface area contributed by atoms with E-state index in [0.717, 1.165) is 17.7 Å². The zero-order valence-electron chi connectivity index (χ0n) is 14.6. The lowest BCUT2D eigenvalue weighted by molar-refractivity contribution is 0.241. The molecule has 0 unspecified atom stereocenters. The highest BCUT2D eigenvalue weighted by molar-refractivity contribution is 6.30. The number of fused-ring (bicyclic) bond motifs is 1. The van der Waals surface area contributed by atoms with Gasteiger partial charge < -0.3 is 4.98 Å². The van der Waals surface area contributed by atoms with Crippen molar-refractivity contribution in [3.05, 3.63) is 86.0 Å². The molecule has 2 aromatic carbocycles. The monoisotopic (exact) mass is 405 g/mol. The zero-order chi connectivity index (χ0) is 19.8. The molecule has 0 amide bonds. The Bertz CT molecular complexity index is 1080. The van der Waals surface area contributed by atoms with Crippen molar-refractivity contribution in [1.82, 2.24) is 14.9 Å². The number of benzene rings is 2. The SMILES string of the molecule is O=c1[nH]c(-c2ccc(Cl)cc2)nc2c1CN(Cc1cc(F)c(F)c(F)c1)CC2. The summed E-state index contributed by atoms with van der Waals surface area (Å²) in [5.41, 5.74) is 2.02. The molecule has 1 N–H and O–H groups in total. The minimum absolute atomic E-state index is 0.200. The molecule has 4 rings (SSSR count). The molecule has 1 aliphatic heterocycles. The summed E-state index contributed by atoms with van der Waals surface area (Å²) >= 11 is 5.89. The van der Waals surface area contributed by atoms with Crippen molar-refractivity contribution in [3.63, 3.8) is 0 Å². The molecule has 0 fully saturated rings. The van der Waals surface area contributed by atoms with Crippen LogP contribution in [0.4, 0.5) is 13.2 Å². The predicted molar refractivity (Wildman–Crippen MR) is 99.4 cm³/mol. The van der Waals surface area contributed by atoms with Gasteiger partial charge in [0.1, 0.15) is 5.82 Å². The van der Waals surface area contributed by atoms with Gasteiger partial charge in [0.2, 0.25) is 0 Å². The molecule has 1 aliphatic rings. The molecule has 0 atom stereocenters. The molecule has 28 heavy (non-hydrogen) atoms. The first-order valence-corrected chi connectivity index (χ1v) is 9.02. The smallest absolute Gasteiger partial charge is 0.255 e. The largest absolute Gasteiger partial charge is 0.306 e. The fourth-order valence-electron chi connectivity index (χ4n) is 3.32. The molecule has 0 spiro atoms. The lowest BCUT2D eigenvalue weighted by Crippen LogP contribution is -2.35. The van der Waals surface area contributed by atoms with Gasteiger partial charge in [-0.3, -0.25) is 9.69 Å². The van der Waals surface area contributed by atoms with Gasteiger partial charge in [-0.2, -0.15) is 0 Å². The first-order valence-electron chi connectivity index (χ1n) is 8.64. The number of H-pyrrole nitrogens is 1. The summed E-state index contributed by atoms with van der Waals surface area (Å²) in [4.78, 5) is 21.8. The Morgan fingerprint density at radius 1 is 1.11 bits per heavy atom. The van der Waals surface area contributed by atoms with E-state index in [1.165, 1.54) is 0 Å². The Hall–Kier alpha value is -2.64. The maximum Gasteiger partial charge on any atom is 0.255 e.